The molecule has 0 spiro atoms. The Balaban J connectivity index is 1.49. The Bertz CT molecular complexity index is 570. The molecule has 2 aliphatic heterocycles. The van der Waals surface area contributed by atoms with Crippen molar-refractivity contribution >= 4 is 17.7 Å². The van der Waals surface area contributed by atoms with Crippen molar-refractivity contribution in [1.29, 1.82) is 0 Å². The van der Waals surface area contributed by atoms with Gasteiger partial charge >= 0.3 is 0 Å². The average molecular weight is 352 g/mol. The SMILES string of the molecule is COc1ccc(CN2CCC(C(=O)N3CCSCC3)CC2)cc1F. The van der Waals surface area contributed by atoms with Gasteiger partial charge in [0.15, 0.2) is 11.6 Å². The molecule has 0 atom stereocenters. The van der Waals surface area contributed by atoms with Crippen LogP contribution in [0.1, 0.15) is 18.4 Å². The average Bonchev–Trinajstić information content (AvgIpc) is 2.63. The van der Waals surface area contributed by atoms with Crippen LogP contribution in [0.2, 0.25) is 0 Å². The Morgan fingerprint density at radius 1 is 1.25 bits per heavy atom. The van der Waals surface area contributed by atoms with E-state index in [0.717, 1.165) is 62.6 Å². The molecule has 2 fully saturated rings. The molecule has 1 amide bonds. The molecular weight excluding hydrogens is 327 g/mol. The first-order valence-corrected chi connectivity index (χ1v) is 9.74. The Labute approximate surface area is 147 Å². The van der Waals surface area contributed by atoms with Crippen LogP contribution in [0.3, 0.4) is 0 Å². The maximum absolute atomic E-state index is 13.8. The Kier molecular flexibility index (Phi) is 6.00. The van der Waals surface area contributed by atoms with Crippen LogP contribution in [-0.2, 0) is 11.3 Å². The lowest BCUT2D eigenvalue weighted by molar-refractivity contribution is -0.136. The number of nitrogens with zero attached hydrogens (tertiary/aromatic N) is 2. The fourth-order valence-corrected chi connectivity index (χ4v) is 4.35. The highest BCUT2D eigenvalue weighted by Crippen LogP contribution is 2.24. The number of piperidine rings is 1. The summed E-state index contributed by atoms with van der Waals surface area (Å²) in [7, 11) is 1.47. The predicted octanol–water partition coefficient (Wildman–Crippen LogP) is 2.62. The number of thioether (sulfide) groups is 1. The zero-order valence-corrected chi connectivity index (χ0v) is 15.0. The van der Waals surface area contributed by atoms with E-state index in [-0.39, 0.29) is 17.5 Å². The molecule has 1 aromatic rings. The number of ether oxygens (including phenoxy) is 1. The van der Waals surface area contributed by atoms with Gasteiger partial charge in [0.2, 0.25) is 5.91 Å². The molecule has 1 aromatic carbocycles. The third-order valence-corrected chi connectivity index (χ3v) is 5.82. The number of carbonyl (C=O) groups excluding carboxylic acids is 1. The number of methoxy groups -OCH3 is 1. The summed E-state index contributed by atoms with van der Waals surface area (Å²) in [6.45, 7) is 4.31. The van der Waals surface area contributed by atoms with Gasteiger partial charge in [-0.15, -0.1) is 0 Å². The summed E-state index contributed by atoms with van der Waals surface area (Å²) in [5, 5.41) is 0. The minimum absolute atomic E-state index is 0.164. The van der Waals surface area contributed by atoms with Gasteiger partial charge < -0.3 is 9.64 Å². The van der Waals surface area contributed by atoms with Gasteiger partial charge in [-0.05, 0) is 43.6 Å². The topological polar surface area (TPSA) is 32.8 Å². The fraction of sp³-hybridized carbons (Fsp3) is 0.611. The van der Waals surface area contributed by atoms with Gasteiger partial charge in [0.05, 0.1) is 7.11 Å². The van der Waals surface area contributed by atoms with E-state index in [1.54, 1.807) is 12.1 Å². The molecule has 0 saturated carbocycles. The summed E-state index contributed by atoms with van der Waals surface area (Å²) in [6, 6.07) is 5.13. The molecule has 0 radical (unpaired) electrons. The van der Waals surface area contributed by atoms with Crippen molar-refractivity contribution < 1.29 is 13.9 Å². The Morgan fingerprint density at radius 2 is 1.96 bits per heavy atom. The zero-order valence-electron chi connectivity index (χ0n) is 14.2. The van der Waals surface area contributed by atoms with Crippen molar-refractivity contribution in [1.82, 2.24) is 9.80 Å². The molecule has 4 nitrogen and oxygen atoms in total. The number of amides is 1. The Hall–Kier alpha value is -1.27. The van der Waals surface area contributed by atoms with Gasteiger partial charge in [0.25, 0.3) is 0 Å². The first kappa shape index (κ1) is 17.5. The fourth-order valence-electron chi connectivity index (χ4n) is 3.45. The third kappa shape index (κ3) is 4.22. The van der Waals surface area contributed by atoms with E-state index in [4.69, 9.17) is 4.74 Å². The molecule has 0 aromatic heterocycles. The number of hydrogen-bond donors (Lipinski definition) is 0. The van der Waals surface area contributed by atoms with Gasteiger partial charge in [0, 0.05) is 37.1 Å². The minimum Gasteiger partial charge on any atom is -0.494 e. The van der Waals surface area contributed by atoms with Crippen LogP contribution in [0.15, 0.2) is 18.2 Å². The molecule has 24 heavy (non-hydrogen) atoms. The minimum atomic E-state index is -0.317. The maximum Gasteiger partial charge on any atom is 0.225 e. The largest absolute Gasteiger partial charge is 0.494 e. The molecule has 2 aliphatic rings. The van der Waals surface area contributed by atoms with Crippen molar-refractivity contribution in [3.05, 3.63) is 29.6 Å². The predicted molar refractivity (Wildman–Crippen MR) is 94.9 cm³/mol. The molecule has 132 valence electrons. The number of halogens is 1. The van der Waals surface area contributed by atoms with Crippen LogP contribution >= 0.6 is 11.8 Å². The number of carbonyl (C=O) groups is 1. The van der Waals surface area contributed by atoms with Crippen LogP contribution in [0, 0.1) is 11.7 Å². The van der Waals surface area contributed by atoms with E-state index in [1.807, 2.05) is 22.7 Å². The van der Waals surface area contributed by atoms with Gasteiger partial charge in [-0.3, -0.25) is 9.69 Å². The van der Waals surface area contributed by atoms with E-state index in [1.165, 1.54) is 7.11 Å². The molecule has 0 aliphatic carbocycles. The van der Waals surface area contributed by atoms with E-state index in [9.17, 15) is 9.18 Å². The summed E-state index contributed by atoms with van der Waals surface area (Å²) >= 11 is 1.93. The van der Waals surface area contributed by atoms with Crippen LogP contribution in [-0.4, -0.2) is 60.5 Å². The number of hydrogen-bond acceptors (Lipinski definition) is 4. The molecule has 3 rings (SSSR count). The zero-order chi connectivity index (χ0) is 16.9. The lowest BCUT2D eigenvalue weighted by atomic mass is 9.95. The highest BCUT2D eigenvalue weighted by atomic mass is 32.2. The van der Waals surface area contributed by atoms with Crippen LogP contribution in [0.4, 0.5) is 4.39 Å². The van der Waals surface area contributed by atoms with Crippen molar-refractivity contribution in [3.63, 3.8) is 0 Å². The highest BCUT2D eigenvalue weighted by Gasteiger charge is 2.29. The summed E-state index contributed by atoms with van der Waals surface area (Å²) < 4.78 is 18.7. The molecule has 0 unspecified atom stereocenters. The number of likely N-dealkylation sites (tertiary alicyclic amines) is 1. The summed E-state index contributed by atoms with van der Waals surface area (Å²) in [4.78, 5) is 16.9. The van der Waals surface area contributed by atoms with Crippen molar-refractivity contribution in [2.24, 2.45) is 5.92 Å². The molecule has 6 heteroatoms. The first-order chi connectivity index (χ1) is 11.7. The first-order valence-electron chi connectivity index (χ1n) is 8.58. The van der Waals surface area contributed by atoms with Gasteiger partial charge in [-0.1, -0.05) is 6.07 Å². The second-order valence-electron chi connectivity index (χ2n) is 6.46. The lowest BCUT2D eigenvalue weighted by Gasteiger charge is -2.35. The summed E-state index contributed by atoms with van der Waals surface area (Å²) in [5.74, 6) is 2.59. The molecular formula is C18H25FN2O2S. The van der Waals surface area contributed by atoms with E-state index < -0.39 is 0 Å². The molecule has 2 saturated heterocycles. The van der Waals surface area contributed by atoms with Crippen molar-refractivity contribution in [2.75, 3.05) is 44.8 Å². The number of benzene rings is 1. The van der Waals surface area contributed by atoms with Crippen molar-refractivity contribution in [3.8, 4) is 5.75 Å². The second kappa shape index (κ2) is 8.21. The van der Waals surface area contributed by atoms with E-state index >= 15 is 0 Å². The van der Waals surface area contributed by atoms with Gasteiger partial charge in [0.1, 0.15) is 0 Å². The van der Waals surface area contributed by atoms with Crippen molar-refractivity contribution in [2.45, 2.75) is 19.4 Å². The van der Waals surface area contributed by atoms with Gasteiger partial charge in [-0.25, -0.2) is 4.39 Å². The van der Waals surface area contributed by atoms with Crippen LogP contribution in [0.25, 0.3) is 0 Å². The van der Waals surface area contributed by atoms with Crippen LogP contribution in [0.5, 0.6) is 5.75 Å². The monoisotopic (exact) mass is 352 g/mol. The smallest absolute Gasteiger partial charge is 0.225 e. The second-order valence-corrected chi connectivity index (χ2v) is 7.68. The Morgan fingerprint density at radius 3 is 2.58 bits per heavy atom. The molecule has 0 N–H and O–H groups in total. The van der Waals surface area contributed by atoms with Gasteiger partial charge in [-0.2, -0.15) is 11.8 Å². The maximum atomic E-state index is 13.8. The van der Waals surface area contributed by atoms with Crippen LogP contribution < -0.4 is 4.74 Å². The normalized spacial score (nSPS) is 20.2. The van der Waals surface area contributed by atoms with E-state index in [2.05, 4.69) is 4.90 Å². The summed E-state index contributed by atoms with van der Waals surface area (Å²) in [6.07, 6.45) is 1.81. The molecule has 2 heterocycles. The standard InChI is InChI=1S/C18H25FN2O2S/c1-23-17-3-2-14(12-16(17)19)13-20-6-4-15(5-7-20)18(22)21-8-10-24-11-9-21/h2-3,12,15H,4-11,13H2,1H3. The quantitative estimate of drug-likeness (QED) is 0.834. The summed E-state index contributed by atoms with van der Waals surface area (Å²) in [5.41, 5.74) is 0.950. The molecule has 0 bridgehead atoms. The lowest BCUT2D eigenvalue weighted by Crippen LogP contribution is -2.45. The highest BCUT2D eigenvalue weighted by molar-refractivity contribution is 7.99. The third-order valence-electron chi connectivity index (χ3n) is 4.88. The number of rotatable bonds is 4. The van der Waals surface area contributed by atoms with E-state index in [0.29, 0.717) is 5.91 Å².